The molecule has 1 aliphatic carbocycles. The van der Waals surface area contributed by atoms with Crippen molar-refractivity contribution in [3.63, 3.8) is 0 Å². The minimum absolute atomic E-state index is 0.0749. The van der Waals surface area contributed by atoms with Gasteiger partial charge < -0.3 is 5.73 Å². The number of Topliss-reactive ketones (excluding diaryl/α,β-unsaturated/α-hetero) is 1. The Balaban J connectivity index is 1.81. The van der Waals surface area contributed by atoms with Crippen LogP contribution in [0.2, 0.25) is 5.02 Å². The summed E-state index contributed by atoms with van der Waals surface area (Å²) in [5.41, 5.74) is 7.60. The average Bonchev–Trinajstić information content (AvgIpc) is 3.25. The Morgan fingerprint density at radius 2 is 1.86 bits per heavy atom. The van der Waals surface area contributed by atoms with Crippen LogP contribution in [0.25, 0.3) is 0 Å². The van der Waals surface area contributed by atoms with E-state index in [0.717, 1.165) is 18.4 Å². The number of nitrogen functional groups attached to an aromatic ring is 1. The van der Waals surface area contributed by atoms with Gasteiger partial charge in [-0.15, -0.1) is 0 Å². The van der Waals surface area contributed by atoms with E-state index in [1.807, 2.05) is 24.3 Å². The van der Waals surface area contributed by atoms with Gasteiger partial charge in [0.25, 0.3) is 0 Å². The van der Waals surface area contributed by atoms with Crippen LogP contribution in [0, 0.1) is 5.82 Å². The first-order chi connectivity index (χ1) is 10.0. The summed E-state index contributed by atoms with van der Waals surface area (Å²) < 4.78 is 13.5. The van der Waals surface area contributed by atoms with E-state index >= 15 is 0 Å². The van der Waals surface area contributed by atoms with E-state index < -0.39 is 11.2 Å². The second kappa shape index (κ2) is 5.15. The number of nitrogens with two attached hydrogens (primary N) is 1. The smallest absolute Gasteiger partial charge is 0.147 e. The van der Waals surface area contributed by atoms with Gasteiger partial charge in [0.2, 0.25) is 0 Å². The number of ketones is 1. The van der Waals surface area contributed by atoms with E-state index in [4.69, 9.17) is 17.3 Å². The molecule has 0 aliphatic heterocycles. The molecule has 3 rings (SSSR count). The highest BCUT2D eigenvalue weighted by atomic mass is 35.5. The quantitative estimate of drug-likeness (QED) is 0.870. The predicted molar refractivity (Wildman–Crippen MR) is 81.9 cm³/mol. The van der Waals surface area contributed by atoms with Gasteiger partial charge in [0.05, 0.1) is 10.4 Å². The van der Waals surface area contributed by atoms with E-state index in [1.165, 1.54) is 12.1 Å². The predicted octanol–water partition coefficient (Wildman–Crippen LogP) is 3.90. The molecule has 0 aromatic heterocycles. The van der Waals surface area contributed by atoms with Gasteiger partial charge >= 0.3 is 0 Å². The Hall–Kier alpha value is -1.87. The van der Waals surface area contributed by atoms with E-state index in [2.05, 4.69) is 0 Å². The number of anilines is 1. The van der Waals surface area contributed by atoms with Crippen LogP contribution >= 0.6 is 11.6 Å². The summed E-state index contributed by atoms with van der Waals surface area (Å²) in [6.45, 7) is 0. The molecule has 1 aliphatic rings. The second-order valence-electron chi connectivity index (χ2n) is 5.55. The van der Waals surface area contributed by atoms with Gasteiger partial charge in [-0.05, 0) is 48.2 Å². The molecule has 0 heterocycles. The van der Waals surface area contributed by atoms with Gasteiger partial charge in [0.1, 0.15) is 11.6 Å². The fourth-order valence-corrected chi connectivity index (χ4v) is 2.78. The number of halogens is 2. The molecule has 21 heavy (non-hydrogen) atoms. The Morgan fingerprint density at radius 1 is 1.19 bits per heavy atom. The van der Waals surface area contributed by atoms with Crippen molar-refractivity contribution in [3.05, 3.63) is 64.4 Å². The number of carbonyl (C=O) groups excluding carboxylic acids is 1. The minimum atomic E-state index is -0.487. The van der Waals surface area contributed by atoms with Crippen molar-refractivity contribution < 1.29 is 9.18 Å². The topological polar surface area (TPSA) is 43.1 Å². The Bertz CT molecular complexity index is 692. The molecular formula is C17H15ClFNO. The first kappa shape index (κ1) is 14.1. The van der Waals surface area contributed by atoms with Gasteiger partial charge in [-0.25, -0.2) is 4.39 Å². The number of hydrogen-bond donors (Lipinski definition) is 1. The molecule has 2 nitrogen and oxygen atoms in total. The summed E-state index contributed by atoms with van der Waals surface area (Å²) in [4.78, 5) is 12.6. The highest BCUT2D eigenvalue weighted by Crippen LogP contribution is 2.49. The lowest BCUT2D eigenvalue weighted by molar-refractivity contribution is -0.120. The minimum Gasteiger partial charge on any atom is -0.399 e. The van der Waals surface area contributed by atoms with Crippen LogP contribution in [0.1, 0.15) is 24.0 Å². The molecule has 1 saturated carbocycles. The largest absolute Gasteiger partial charge is 0.399 e. The van der Waals surface area contributed by atoms with Crippen LogP contribution < -0.4 is 5.73 Å². The number of rotatable bonds is 4. The van der Waals surface area contributed by atoms with E-state index in [1.54, 1.807) is 6.07 Å². The molecule has 0 amide bonds. The molecule has 0 bridgehead atoms. The van der Waals surface area contributed by atoms with Crippen LogP contribution in [-0.4, -0.2) is 5.78 Å². The lowest BCUT2D eigenvalue weighted by Gasteiger charge is -2.15. The maximum atomic E-state index is 13.5. The molecule has 2 aromatic rings. The number of hydrogen-bond acceptors (Lipinski definition) is 2. The lowest BCUT2D eigenvalue weighted by atomic mass is 9.88. The number of benzene rings is 2. The Morgan fingerprint density at radius 3 is 2.43 bits per heavy atom. The van der Waals surface area contributed by atoms with E-state index in [0.29, 0.717) is 11.3 Å². The third kappa shape index (κ3) is 2.66. The van der Waals surface area contributed by atoms with Crippen molar-refractivity contribution >= 4 is 23.1 Å². The van der Waals surface area contributed by atoms with Gasteiger partial charge in [0.15, 0.2) is 0 Å². The second-order valence-corrected chi connectivity index (χ2v) is 5.96. The van der Waals surface area contributed by atoms with Gasteiger partial charge in [0, 0.05) is 12.1 Å². The fraction of sp³-hybridized carbons (Fsp3) is 0.235. The van der Waals surface area contributed by atoms with Crippen molar-refractivity contribution in [2.24, 2.45) is 0 Å². The summed E-state index contributed by atoms with van der Waals surface area (Å²) >= 11 is 5.66. The third-order valence-corrected chi connectivity index (χ3v) is 4.40. The summed E-state index contributed by atoms with van der Waals surface area (Å²) in [5, 5.41) is 0.0749. The molecule has 0 saturated heterocycles. The highest BCUT2D eigenvalue weighted by molar-refractivity contribution is 6.30. The van der Waals surface area contributed by atoms with E-state index in [-0.39, 0.29) is 17.2 Å². The van der Waals surface area contributed by atoms with Crippen molar-refractivity contribution in [2.45, 2.75) is 24.7 Å². The molecule has 1 fully saturated rings. The molecule has 108 valence electrons. The van der Waals surface area contributed by atoms with Crippen molar-refractivity contribution in [1.82, 2.24) is 0 Å². The molecule has 2 aromatic carbocycles. The van der Waals surface area contributed by atoms with Crippen molar-refractivity contribution in [3.8, 4) is 0 Å². The van der Waals surface area contributed by atoms with Gasteiger partial charge in [-0.3, -0.25) is 4.79 Å². The third-order valence-electron chi connectivity index (χ3n) is 4.10. The zero-order chi connectivity index (χ0) is 15.0. The molecule has 4 heteroatoms. The van der Waals surface area contributed by atoms with Crippen LogP contribution in [0.5, 0.6) is 0 Å². The molecule has 0 atom stereocenters. The van der Waals surface area contributed by atoms with E-state index in [9.17, 15) is 9.18 Å². The highest BCUT2D eigenvalue weighted by Gasteiger charge is 2.50. The lowest BCUT2D eigenvalue weighted by Crippen LogP contribution is -2.22. The SMILES string of the molecule is Nc1ccc(C2(C(=O)Cc3ccc(Cl)c(F)c3)CC2)cc1. The van der Waals surface area contributed by atoms with Crippen LogP contribution in [0.3, 0.4) is 0 Å². The fourth-order valence-electron chi connectivity index (χ4n) is 2.66. The maximum Gasteiger partial charge on any atom is 0.147 e. The van der Waals surface area contributed by atoms with Crippen LogP contribution in [0.15, 0.2) is 42.5 Å². The standard InChI is InChI=1S/C17H15ClFNO/c18-14-6-1-11(9-15(14)19)10-16(21)17(7-8-17)12-2-4-13(20)5-3-12/h1-6,9H,7-8,10,20H2. The average molecular weight is 304 g/mol. The summed E-state index contributed by atoms with van der Waals surface area (Å²) in [6.07, 6.45) is 1.90. The monoisotopic (exact) mass is 303 g/mol. The van der Waals surface area contributed by atoms with Gasteiger partial charge in [-0.2, -0.15) is 0 Å². The summed E-state index contributed by atoms with van der Waals surface area (Å²) in [6, 6.07) is 11.9. The summed E-state index contributed by atoms with van der Waals surface area (Å²) in [5.74, 6) is -0.367. The normalized spacial score (nSPS) is 15.7. The van der Waals surface area contributed by atoms with Gasteiger partial charge in [-0.1, -0.05) is 29.8 Å². The van der Waals surface area contributed by atoms with Crippen molar-refractivity contribution in [2.75, 3.05) is 5.73 Å². The molecule has 0 radical (unpaired) electrons. The first-order valence-corrected chi connectivity index (χ1v) is 7.22. The Kier molecular flexibility index (Phi) is 3.46. The zero-order valence-electron chi connectivity index (χ0n) is 11.4. The zero-order valence-corrected chi connectivity index (χ0v) is 12.2. The maximum absolute atomic E-state index is 13.5. The summed E-state index contributed by atoms with van der Waals surface area (Å²) in [7, 11) is 0. The molecule has 0 spiro atoms. The molecule has 2 N–H and O–H groups in total. The van der Waals surface area contributed by atoms with Crippen LogP contribution in [-0.2, 0) is 16.6 Å². The first-order valence-electron chi connectivity index (χ1n) is 6.84. The molecule has 0 unspecified atom stereocenters. The number of carbonyl (C=O) groups is 1. The van der Waals surface area contributed by atoms with Crippen molar-refractivity contribution in [1.29, 1.82) is 0 Å². The molecular weight excluding hydrogens is 289 g/mol. The Labute approximate surface area is 127 Å². The van der Waals surface area contributed by atoms with Crippen LogP contribution in [0.4, 0.5) is 10.1 Å².